The van der Waals surface area contributed by atoms with Gasteiger partial charge in [-0.1, -0.05) is 18.2 Å². The highest BCUT2D eigenvalue weighted by molar-refractivity contribution is 5.49. The van der Waals surface area contributed by atoms with Crippen LogP contribution in [0.1, 0.15) is 18.5 Å². The van der Waals surface area contributed by atoms with Gasteiger partial charge in [-0.15, -0.1) is 13.2 Å². The van der Waals surface area contributed by atoms with Crippen LogP contribution in [0.25, 0.3) is 0 Å². The first-order chi connectivity index (χ1) is 7.70. The van der Waals surface area contributed by atoms with Crippen LogP contribution in [0.15, 0.2) is 43.6 Å². The van der Waals surface area contributed by atoms with E-state index in [0.717, 1.165) is 24.5 Å². The maximum absolute atomic E-state index is 5.93. The highest BCUT2D eigenvalue weighted by Crippen LogP contribution is 2.22. The lowest BCUT2D eigenvalue weighted by atomic mass is 10.1. The summed E-state index contributed by atoms with van der Waals surface area (Å²) in [6, 6.07) is 3.88. The number of hydrogen-bond donors (Lipinski definition) is 1. The highest BCUT2D eigenvalue weighted by atomic mass is 15.2. The molecule has 1 unspecified atom stereocenters. The van der Waals surface area contributed by atoms with Crippen molar-refractivity contribution in [3.63, 3.8) is 0 Å². The van der Waals surface area contributed by atoms with Gasteiger partial charge in [0.25, 0.3) is 0 Å². The van der Waals surface area contributed by atoms with Crippen LogP contribution in [0.4, 0.5) is 5.82 Å². The Hall–Kier alpha value is -1.61. The number of rotatable bonds is 6. The van der Waals surface area contributed by atoms with Crippen molar-refractivity contribution in [2.24, 2.45) is 5.73 Å². The fraction of sp³-hybridized carbons (Fsp3) is 0.308. The molecule has 0 aliphatic carbocycles. The van der Waals surface area contributed by atoms with Crippen molar-refractivity contribution in [1.82, 2.24) is 4.98 Å². The Bertz CT molecular complexity index is 348. The molecule has 0 spiro atoms. The molecule has 16 heavy (non-hydrogen) atoms. The highest BCUT2D eigenvalue weighted by Gasteiger charge is 2.12. The zero-order chi connectivity index (χ0) is 12.0. The first kappa shape index (κ1) is 12.5. The molecule has 0 radical (unpaired) electrons. The summed E-state index contributed by atoms with van der Waals surface area (Å²) in [5, 5.41) is 0. The largest absolute Gasteiger partial charge is 0.349 e. The van der Waals surface area contributed by atoms with Gasteiger partial charge in [-0.05, 0) is 13.0 Å². The quantitative estimate of drug-likeness (QED) is 0.743. The van der Waals surface area contributed by atoms with Crippen molar-refractivity contribution >= 4 is 5.82 Å². The molecule has 0 aliphatic heterocycles. The summed E-state index contributed by atoms with van der Waals surface area (Å²) in [5.74, 6) is 0.914. The van der Waals surface area contributed by atoms with Crippen molar-refractivity contribution < 1.29 is 0 Å². The molecule has 0 fully saturated rings. The van der Waals surface area contributed by atoms with Crippen molar-refractivity contribution in [2.75, 3.05) is 18.0 Å². The second-order valence-electron chi connectivity index (χ2n) is 3.69. The number of anilines is 1. The molecule has 1 rings (SSSR count). The van der Waals surface area contributed by atoms with Gasteiger partial charge in [0.05, 0.1) is 0 Å². The van der Waals surface area contributed by atoms with Gasteiger partial charge in [0.1, 0.15) is 5.82 Å². The van der Waals surface area contributed by atoms with E-state index in [1.54, 1.807) is 6.20 Å². The average molecular weight is 217 g/mol. The van der Waals surface area contributed by atoms with Gasteiger partial charge in [0.15, 0.2) is 0 Å². The summed E-state index contributed by atoms with van der Waals surface area (Å²) in [6.45, 7) is 10.9. The lowest BCUT2D eigenvalue weighted by molar-refractivity contribution is 0.792. The summed E-state index contributed by atoms with van der Waals surface area (Å²) in [4.78, 5) is 6.48. The molecular weight excluding hydrogens is 198 g/mol. The third kappa shape index (κ3) is 2.94. The Labute approximate surface area is 97.3 Å². The number of aromatic nitrogens is 1. The topological polar surface area (TPSA) is 42.2 Å². The number of nitrogens with two attached hydrogens (primary N) is 1. The Morgan fingerprint density at radius 3 is 2.56 bits per heavy atom. The summed E-state index contributed by atoms with van der Waals surface area (Å²) in [6.07, 6.45) is 5.48. The lowest BCUT2D eigenvalue weighted by Crippen LogP contribution is -2.26. The molecule has 1 heterocycles. The van der Waals surface area contributed by atoms with Crippen LogP contribution in [0.2, 0.25) is 0 Å². The Kier molecular flexibility index (Phi) is 4.73. The fourth-order valence-electron chi connectivity index (χ4n) is 1.59. The summed E-state index contributed by atoms with van der Waals surface area (Å²) in [5.41, 5.74) is 6.97. The van der Waals surface area contributed by atoms with E-state index in [4.69, 9.17) is 5.73 Å². The van der Waals surface area contributed by atoms with Gasteiger partial charge in [0, 0.05) is 30.9 Å². The lowest BCUT2D eigenvalue weighted by Gasteiger charge is -2.24. The Morgan fingerprint density at radius 1 is 1.44 bits per heavy atom. The van der Waals surface area contributed by atoms with Gasteiger partial charge in [-0.3, -0.25) is 0 Å². The van der Waals surface area contributed by atoms with E-state index < -0.39 is 0 Å². The maximum atomic E-state index is 5.93. The van der Waals surface area contributed by atoms with Crippen LogP contribution in [0.5, 0.6) is 0 Å². The van der Waals surface area contributed by atoms with Gasteiger partial charge in [-0.2, -0.15) is 0 Å². The van der Waals surface area contributed by atoms with Crippen molar-refractivity contribution in [1.29, 1.82) is 0 Å². The van der Waals surface area contributed by atoms with Crippen LogP contribution in [0, 0.1) is 0 Å². The molecule has 0 aromatic carbocycles. The molecule has 1 atom stereocenters. The number of nitrogens with zero attached hydrogens (tertiary/aromatic N) is 2. The van der Waals surface area contributed by atoms with Gasteiger partial charge in [-0.25, -0.2) is 4.98 Å². The minimum absolute atomic E-state index is 0.0270. The van der Waals surface area contributed by atoms with E-state index in [-0.39, 0.29) is 6.04 Å². The minimum atomic E-state index is -0.0270. The van der Waals surface area contributed by atoms with E-state index in [9.17, 15) is 0 Å². The summed E-state index contributed by atoms with van der Waals surface area (Å²) >= 11 is 0. The maximum Gasteiger partial charge on any atom is 0.133 e. The molecule has 0 saturated carbocycles. The number of pyridine rings is 1. The molecule has 0 bridgehead atoms. The monoisotopic (exact) mass is 217 g/mol. The van der Waals surface area contributed by atoms with Gasteiger partial charge in [0.2, 0.25) is 0 Å². The van der Waals surface area contributed by atoms with Crippen molar-refractivity contribution in [2.45, 2.75) is 13.0 Å². The molecule has 1 aromatic rings. The average Bonchev–Trinajstić information content (AvgIpc) is 2.29. The van der Waals surface area contributed by atoms with Crippen LogP contribution in [-0.2, 0) is 0 Å². The SMILES string of the molecule is C=CCN(CC=C)c1ncccc1C(C)N. The Balaban J connectivity index is 3.06. The molecule has 3 nitrogen and oxygen atoms in total. The van der Waals surface area contributed by atoms with Crippen LogP contribution in [0.3, 0.4) is 0 Å². The smallest absolute Gasteiger partial charge is 0.133 e. The number of hydrogen-bond acceptors (Lipinski definition) is 3. The third-order valence-electron chi connectivity index (χ3n) is 2.31. The van der Waals surface area contributed by atoms with E-state index in [2.05, 4.69) is 23.0 Å². The molecule has 0 saturated heterocycles. The van der Waals surface area contributed by atoms with E-state index in [1.165, 1.54) is 0 Å². The molecule has 3 heteroatoms. The predicted octanol–water partition coefficient (Wildman–Crippen LogP) is 2.28. The van der Waals surface area contributed by atoms with Crippen LogP contribution < -0.4 is 10.6 Å². The second-order valence-corrected chi connectivity index (χ2v) is 3.69. The van der Waals surface area contributed by atoms with Crippen molar-refractivity contribution in [3.05, 3.63) is 49.2 Å². The van der Waals surface area contributed by atoms with Crippen molar-refractivity contribution in [3.8, 4) is 0 Å². The zero-order valence-corrected chi connectivity index (χ0v) is 9.76. The second kappa shape index (κ2) is 6.08. The third-order valence-corrected chi connectivity index (χ3v) is 2.31. The Morgan fingerprint density at radius 2 is 2.06 bits per heavy atom. The summed E-state index contributed by atoms with van der Waals surface area (Å²) in [7, 11) is 0. The van der Waals surface area contributed by atoms with E-state index in [0.29, 0.717) is 0 Å². The first-order valence-electron chi connectivity index (χ1n) is 5.38. The van der Waals surface area contributed by atoms with Crippen LogP contribution in [-0.4, -0.2) is 18.1 Å². The van der Waals surface area contributed by atoms with Gasteiger partial charge >= 0.3 is 0 Å². The molecule has 0 aliphatic rings. The zero-order valence-electron chi connectivity index (χ0n) is 9.76. The molecule has 86 valence electrons. The predicted molar refractivity (Wildman–Crippen MR) is 69.4 cm³/mol. The van der Waals surface area contributed by atoms with E-state index in [1.807, 2.05) is 31.2 Å². The standard InChI is InChI=1S/C13H19N3/c1-4-9-16(10-5-2)13-12(11(3)14)7-6-8-15-13/h4-8,11H,1-2,9-10,14H2,3H3. The van der Waals surface area contributed by atoms with Crippen LogP contribution >= 0.6 is 0 Å². The molecule has 0 amide bonds. The first-order valence-corrected chi connectivity index (χ1v) is 5.38. The molecular formula is C13H19N3. The molecule has 1 aromatic heterocycles. The van der Waals surface area contributed by atoms with E-state index >= 15 is 0 Å². The summed E-state index contributed by atoms with van der Waals surface area (Å²) < 4.78 is 0. The fourth-order valence-corrected chi connectivity index (χ4v) is 1.59. The molecule has 2 N–H and O–H groups in total. The normalized spacial score (nSPS) is 11.9. The van der Waals surface area contributed by atoms with Gasteiger partial charge < -0.3 is 10.6 Å². The minimum Gasteiger partial charge on any atom is -0.349 e.